The van der Waals surface area contributed by atoms with E-state index in [-0.39, 0.29) is 36.3 Å². The molecule has 1 aliphatic rings. The lowest BCUT2D eigenvalue weighted by atomic mass is 9.98. The molecule has 2 unspecified atom stereocenters. The molecule has 0 heterocycles. The summed E-state index contributed by atoms with van der Waals surface area (Å²) >= 11 is 6.01. The standard InChI is InChI=1S/C25H24ClNO5/c26-22-13-15(28)9-10-20(22)24(30)23(29)11-12-27-25(31)32-14-21-18-7-3-1-5-16(18)17-6-2-4-8-19(17)21/h1-10,13,21,23-24,28-30H,11-12,14H2,(H,27,31). The Hall–Kier alpha value is -3.06. The first-order valence-electron chi connectivity index (χ1n) is 10.4. The van der Waals surface area contributed by atoms with Gasteiger partial charge in [-0.15, -0.1) is 0 Å². The third kappa shape index (κ3) is 4.58. The van der Waals surface area contributed by atoms with Crippen molar-refractivity contribution in [2.75, 3.05) is 13.2 Å². The molecular weight excluding hydrogens is 430 g/mol. The number of hydrogen-bond donors (Lipinski definition) is 4. The Kier molecular flexibility index (Phi) is 6.65. The number of rotatable bonds is 7. The van der Waals surface area contributed by atoms with Crippen LogP contribution in [0.4, 0.5) is 4.79 Å². The number of nitrogens with one attached hydrogen (secondary N) is 1. The number of aliphatic hydroxyl groups is 2. The molecule has 0 saturated heterocycles. The summed E-state index contributed by atoms with van der Waals surface area (Å²) in [5.41, 5.74) is 4.87. The first-order chi connectivity index (χ1) is 15.5. The topological polar surface area (TPSA) is 99.0 Å². The van der Waals surface area contributed by atoms with Gasteiger partial charge in [0.05, 0.1) is 11.1 Å². The number of aromatic hydroxyl groups is 1. The SMILES string of the molecule is O=C(NCCC(O)C(O)c1ccc(O)cc1Cl)OCC1c2ccccc2-c2ccccc21. The number of halogens is 1. The second-order valence-corrected chi connectivity index (χ2v) is 8.17. The highest BCUT2D eigenvalue weighted by Crippen LogP contribution is 2.44. The molecule has 1 aliphatic carbocycles. The molecule has 4 N–H and O–H groups in total. The molecule has 0 radical (unpaired) electrons. The Morgan fingerprint density at radius 3 is 2.25 bits per heavy atom. The van der Waals surface area contributed by atoms with Crippen molar-refractivity contribution >= 4 is 17.7 Å². The van der Waals surface area contributed by atoms with Gasteiger partial charge < -0.3 is 25.4 Å². The van der Waals surface area contributed by atoms with Gasteiger partial charge >= 0.3 is 6.09 Å². The molecule has 1 amide bonds. The lowest BCUT2D eigenvalue weighted by molar-refractivity contribution is 0.0137. The van der Waals surface area contributed by atoms with Gasteiger partial charge in [0.25, 0.3) is 0 Å². The van der Waals surface area contributed by atoms with E-state index in [1.165, 1.54) is 18.2 Å². The molecule has 3 aromatic rings. The summed E-state index contributed by atoms with van der Waals surface area (Å²) < 4.78 is 5.46. The maximum absolute atomic E-state index is 12.2. The van der Waals surface area contributed by atoms with Crippen molar-refractivity contribution in [1.82, 2.24) is 5.32 Å². The van der Waals surface area contributed by atoms with Crippen LogP contribution < -0.4 is 5.32 Å². The van der Waals surface area contributed by atoms with E-state index >= 15 is 0 Å². The van der Waals surface area contributed by atoms with Crippen LogP contribution in [0, 0.1) is 0 Å². The minimum absolute atomic E-state index is 0.0302. The van der Waals surface area contributed by atoms with Gasteiger partial charge in [-0.25, -0.2) is 4.79 Å². The Bertz CT molecular complexity index is 1070. The third-order valence-electron chi connectivity index (χ3n) is 5.72. The monoisotopic (exact) mass is 453 g/mol. The number of carbonyl (C=O) groups is 1. The maximum atomic E-state index is 12.2. The lowest BCUT2D eigenvalue weighted by Crippen LogP contribution is -2.30. The van der Waals surface area contributed by atoms with Gasteiger partial charge in [0.2, 0.25) is 0 Å². The molecule has 4 rings (SSSR count). The van der Waals surface area contributed by atoms with Crippen molar-refractivity contribution in [3.63, 3.8) is 0 Å². The quantitative estimate of drug-likeness (QED) is 0.426. The molecule has 0 aliphatic heterocycles. The van der Waals surface area contributed by atoms with E-state index in [0.29, 0.717) is 5.56 Å². The van der Waals surface area contributed by atoms with Crippen LogP contribution in [0.1, 0.15) is 35.1 Å². The molecule has 0 spiro atoms. The van der Waals surface area contributed by atoms with E-state index in [0.717, 1.165) is 22.3 Å². The van der Waals surface area contributed by atoms with Gasteiger partial charge in [0.15, 0.2) is 0 Å². The summed E-state index contributed by atoms with van der Waals surface area (Å²) in [5.74, 6) is -0.0606. The van der Waals surface area contributed by atoms with E-state index in [1.807, 2.05) is 36.4 Å². The van der Waals surface area contributed by atoms with Gasteiger partial charge in [-0.2, -0.15) is 0 Å². The summed E-state index contributed by atoms with van der Waals surface area (Å²) in [7, 11) is 0. The molecule has 0 fully saturated rings. The van der Waals surface area contributed by atoms with Gasteiger partial charge in [0.1, 0.15) is 18.5 Å². The summed E-state index contributed by atoms with van der Waals surface area (Å²) in [6.45, 7) is 0.318. The number of amides is 1. The minimum atomic E-state index is -1.24. The van der Waals surface area contributed by atoms with Gasteiger partial charge in [0, 0.05) is 18.0 Å². The van der Waals surface area contributed by atoms with E-state index in [2.05, 4.69) is 17.4 Å². The highest BCUT2D eigenvalue weighted by Gasteiger charge is 2.29. The molecule has 32 heavy (non-hydrogen) atoms. The molecular formula is C25H24ClNO5. The molecule has 166 valence electrons. The van der Waals surface area contributed by atoms with Crippen molar-refractivity contribution in [2.24, 2.45) is 0 Å². The van der Waals surface area contributed by atoms with E-state index in [9.17, 15) is 20.1 Å². The van der Waals surface area contributed by atoms with Crippen molar-refractivity contribution in [3.8, 4) is 16.9 Å². The first-order valence-corrected chi connectivity index (χ1v) is 10.8. The van der Waals surface area contributed by atoms with Crippen LogP contribution in [-0.2, 0) is 4.74 Å². The van der Waals surface area contributed by atoms with Crippen molar-refractivity contribution in [2.45, 2.75) is 24.5 Å². The number of ether oxygens (including phenoxy) is 1. The fourth-order valence-electron chi connectivity index (χ4n) is 4.09. The van der Waals surface area contributed by atoms with Crippen LogP contribution in [0.3, 0.4) is 0 Å². The molecule has 0 aromatic heterocycles. The number of fused-ring (bicyclic) bond motifs is 3. The number of carbonyl (C=O) groups excluding carboxylic acids is 1. The average Bonchev–Trinajstić information content (AvgIpc) is 3.11. The van der Waals surface area contributed by atoms with Crippen LogP contribution >= 0.6 is 11.6 Å². The minimum Gasteiger partial charge on any atom is -0.508 e. The number of phenols is 1. The first kappa shape index (κ1) is 22.1. The fraction of sp³-hybridized carbons (Fsp3) is 0.240. The molecule has 0 bridgehead atoms. The zero-order valence-corrected chi connectivity index (χ0v) is 18.0. The fourth-order valence-corrected chi connectivity index (χ4v) is 4.38. The number of phenolic OH excluding ortho intramolecular Hbond substituents is 1. The van der Waals surface area contributed by atoms with E-state index in [1.54, 1.807) is 0 Å². The Morgan fingerprint density at radius 1 is 1.00 bits per heavy atom. The summed E-state index contributed by atoms with van der Waals surface area (Å²) in [4.78, 5) is 12.2. The van der Waals surface area contributed by atoms with Gasteiger partial charge in [-0.3, -0.25) is 0 Å². The number of alkyl carbamates (subject to hydrolysis) is 1. The summed E-state index contributed by atoms with van der Waals surface area (Å²) in [6, 6.07) is 20.3. The van der Waals surface area contributed by atoms with Crippen LogP contribution in [0.5, 0.6) is 5.75 Å². The van der Waals surface area contributed by atoms with Crippen LogP contribution in [-0.4, -0.2) is 40.7 Å². The highest BCUT2D eigenvalue weighted by atomic mass is 35.5. The van der Waals surface area contributed by atoms with Crippen molar-refractivity contribution in [1.29, 1.82) is 0 Å². The normalized spacial score (nSPS) is 14.3. The smallest absolute Gasteiger partial charge is 0.407 e. The lowest BCUT2D eigenvalue weighted by Gasteiger charge is -2.20. The zero-order valence-electron chi connectivity index (χ0n) is 17.2. The molecule has 7 heteroatoms. The van der Waals surface area contributed by atoms with Crippen LogP contribution in [0.15, 0.2) is 66.7 Å². The van der Waals surface area contributed by atoms with Crippen LogP contribution in [0.25, 0.3) is 11.1 Å². The summed E-state index contributed by atoms with van der Waals surface area (Å²) in [6.07, 6.45) is -2.88. The van der Waals surface area contributed by atoms with Crippen LogP contribution in [0.2, 0.25) is 5.02 Å². The van der Waals surface area contributed by atoms with Crippen molar-refractivity contribution in [3.05, 3.63) is 88.4 Å². The predicted molar refractivity (Wildman–Crippen MR) is 122 cm³/mol. The third-order valence-corrected chi connectivity index (χ3v) is 6.05. The predicted octanol–water partition coefficient (Wildman–Crippen LogP) is 4.37. The number of benzene rings is 3. The number of aliphatic hydroxyl groups excluding tert-OH is 2. The second kappa shape index (κ2) is 9.61. The maximum Gasteiger partial charge on any atom is 0.407 e. The molecule has 6 nitrogen and oxygen atoms in total. The second-order valence-electron chi connectivity index (χ2n) is 7.76. The van der Waals surface area contributed by atoms with Crippen molar-refractivity contribution < 1.29 is 24.9 Å². The average molecular weight is 454 g/mol. The molecule has 0 saturated carbocycles. The van der Waals surface area contributed by atoms with Gasteiger partial charge in [-0.1, -0.05) is 66.2 Å². The Labute approximate surface area is 191 Å². The Balaban J connectivity index is 1.29. The number of hydrogen-bond acceptors (Lipinski definition) is 5. The Morgan fingerprint density at radius 2 is 1.62 bits per heavy atom. The zero-order chi connectivity index (χ0) is 22.7. The van der Waals surface area contributed by atoms with E-state index < -0.39 is 18.3 Å². The van der Waals surface area contributed by atoms with E-state index in [4.69, 9.17) is 16.3 Å². The highest BCUT2D eigenvalue weighted by molar-refractivity contribution is 6.31. The summed E-state index contributed by atoms with van der Waals surface area (Å²) in [5, 5.41) is 32.7. The molecule has 2 atom stereocenters. The molecule has 3 aromatic carbocycles. The van der Waals surface area contributed by atoms with Gasteiger partial charge in [-0.05, 0) is 40.8 Å². The largest absolute Gasteiger partial charge is 0.508 e.